The first kappa shape index (κ1) is 21.6. The van der Waals surface area contributed by atoms with Crippen LogP contribution in [-0.4, -0.2) is 62.9 Å². The Hall–Kier alpha value is -2.58. The highest BCUT2D eigenvalue weighted by Crippen LogP contribution is 2.31. The minimum Gasteiger partial charge on any atom is -0.486 e. The molecule has 2 aromatic rings. The van der Waals surface area contributed by atoms with Gasteiger partial charge in [-0.2, -0.15) is 4.31 Å². The molecule has 0 bridgehead atoms. The van der Waals surface area contributed by atoms with Crippen LogP contribution in [0.15, 0.2) is 53.4 Å². The van der Waals surface area contributed by atoms with Crippen molar-refractivity contribution < 1.29 is 22.7 Å². The minimum absolute atomic E-state index is 0.193. The normalized spacial score (nSPS) is 19.5. The highest BCUT2D eigenvalue weighted by Gasteiger charge is 2.27. The number of likely N-dealkylation sites (N-methyl/N-ethyl adjacent to an activating group) is 1. The predicted molar refractivity (Wildman–Crippen MR) is 117 cm³/mol. The molecule has 4 rings (SSSR count). The summed E-state index contributed by atoms with van der Waals surface area (Å²) in [5.41, 5.74) is 0.439. The molecule has 2 heterocycles. The van der Waals surface area contributed by atoms with Gasteiger partial charge < -0.3 is 14.4 Å². The van der Waals surface area contributed by atoms with Crippen LogP contribution in [0.25, 0.3) is 0 Å². The van der Waals surface area contributed by atoms with Crippen LogP contribution >= 0.6 is 0 Å². The van der Waals surface area contributed by atoms with Gasteiger partial charge in [-0.3, -0.25) is 4.79 Å². The largest absolute Gasteiger partial charge is 0.486 e. The Kier molecular flexibility index (Phi) is 6.48. The first-order chi connectivity index (χ1) is 14.9. The summed E-state index contributed by atoms with van der Waals surface area (Å²) in [6.07, 6.45) is 3.63. The molecule has 1 saturated heterocycles. The molecule has 1 amide bonds. The number of benzene rings is 2. The van der Waals surface area contributed by atoms with Crippen molar-refractivity contribution >= 4 is 15.9 Å². The van der Waals surface area contributed by atoms with E-state index in [4.69, 9.17) is 9.47 Å². The molecule has 0 radical (unpaired) electrons. The second kappa shape index (κ2) is 9.28. The second-order valence-corrected chi connectivity index (χ2v) is 9.96. The van der Waals surface area contributed by atoms with Gasteiger partial charge in [0.25, 0.3) is 5.91 Å². The van der Waals surface area contributed by atoms with Gasteiger partial charge in [0.2, 0.25) is 10.0 Å². The number of ether oxygens (including phenoxy) is 2. The van der Waals surface area contributed by atoms with Crippen LogP contribution in [0.3, 0.4) is 0 Å². The highest BCUT2D eigenvalue weighted by molar-refractivity contribution is 7.89. The zero-order valence-electron chi connectivity index (χ0n) is 17.7. The minimum atomic E-state index is -3.53. The second-order valence-electron chi connectivity index (χ2n) is 8.03. The molecule has 31 heavy (non-hydrogen) atoms. The number of hydrogen-bond donors (Lipinski definition) is 0. The molecule has 166 valence electrons. The molecular weight excluding hydrogens is 416 g/mol. The lowest BCUT2D eigenvalue weighted by Gasteiger charge is -2.29. The zero-order valence-corrected chi connectivity index (χ0v) is 18.5. The maximum absolute atomic E-state index is 12.9. The van der Waals surface area contributed by atoms with Gasteiger partial charge in [0.15, 0.2) is 17.6 Å². The maximum Gasteiger partial charge on any atom is 0.253 e. The predicted octanol–water partition coefficient (Wildman–Crippen LogP) is 3.16. The Labute approximate surface area is 183 Å². The Balaban J connectivity index is 1.40. The third kappa shape index (κ3) is 4.85. The monoisotopic (exact) mass is 444 g/mol. The molecule has 2 aromatic carbocycles. The van der Waals surface area contributed by atoms with Crippen molar-refractivity contribution in [1.82, 2.24) is 9.21 Å². The zero-order chi connectivity index (χ0) is 21.8. The quantitative estimate of drug-likeness (QED) is 0.708. The van der Waals surface area contributed by atoms with Crippen molar-refractivity contribution in [3.8, 4) is 11.5 Å². The Morgan fingerprint density at radius 2 is 1.65 bits per heavy atom. The summed E-state index contributed by atoms with van der Waals surface area (Å²) in [6, 6.07) is 13.7. The van der Waals surface area contributed by atoms with Crippen LogP contribution in [0.1, 0.15) is 36.0 Å². The first-order valence-electron chi connectivity index (χ1n) is 10.7. The Bertz CT molecular complexity index is 1010. The molecule has 8 heteroatoms. The average molecular weight is 445 g/mol. The van der Waals surface area contributed by atoms with Gasteiger partial charge in [-0.15, -0.1) is 0 Å². The molecule has 7 nitrogen and oxygen atoms in total. The van der Waals surface area contributed by atoms with Crippen molar-refractivity contribution in [3.63, 3.8) is 0 Å². The number of carbonyl (C=O) groups is 1. The van der Waals surface area contributed by atoms with Crippen molar-refractivity contribution in [2.24, 2.45) is 0 Å². The summed E-state index contributed by atoms with van der Waals surface area (Å²) >= 11 is 0. The highest BCUT2D eigenvalue weighted by atomic mass is 32.2. The fraction of sp³-hybridized carbons (Fsp3) is 0.435. The Morgan fingerprint density at radius 3 is 2.32 bits per heavy atom. The van der Waals surface area contributed by atoms with Crippen LogP contribution in [0.2, 0.25) is 0 Å². The number of carbonyl (C=O) groups excluding carboxylic acids is 1. The van der Waals surface area contributed by atoms with Gasteiger partial charge in [0.05, 0.1) is 11.4 Å². The molecular formula is C23H28N2O5S. The van der Waals surface area contributed by atoms with E-state index in [1.165, 1.54) is 12.1 Å². The summed E-state index contributed by atoms with van der Waals surface area (Å²) in [7, 11) is -1.82. The van der Waals surface area contributed by atoms with E-state index >= 15 is 0 Å². The first-order valence-corrected chi connectivity index (χ1v) is 12.1. The maximum atomic E-state index is 12.9. The van der Waals surface area contributed by atoms with Crippen LogP contribution in [-0.2, 0) is 10.0 Å². The van der Waals surface area contributed by atoms with Gasteiger partial charge in [0, 0.05) is 25.7 Å². The van der Waals surface area contributed by atoms with Crippen LogP contribution in [0, 0.1) is 0 Å². The lowest BCUT2D eigenvalue weighted by Crippen LogP contribution is -2.41. The van der Waals surface area contributed by atoms with Crippen molar-refractivity contribution in [3.05, 3.63) is 54.1 Å². The lowest BCUT2D eigenvalue weighted by atomic mass is 10.2. The van der Waals surface area contributed by atoms with Crippen LogP contribution in [0.5, 0.6) is 11.5 Å². The number of nitrogens with zero attached hydrogens (tertiary/aromatic N) is 2. The van der Waals surface area contributed by atoms with E-state index in [1.54, 1.807) is 28.4 Å². The van der Waals surface area contributed by atoms with Crippen LogP contribution in [0.4, 0.5) is 0 Å². The van der Waals surface area contributed by atoms with Gasteiger partial charge in [0.1, 0.15) is 6.61 Å². The van der Waals surface area contributed by atoms with E-state index in [-0.39, 0.29) is 16.9 Å². The third-order valence-corrected chi connectivity index (χ3v) is 7.61. The van der Waals surface area contributed by atoms with E-state index in [0.717, 1.165) is 25.7 Å². The summed E-state index contributed by atoms with van der Waals surface area (Å²) in [5.74, 6) is 1.18. The number of rotatable bonds is 5. The van der Waals surface area contributed by atoms with E-state index in [0.29, 0.717) is 43.3 Å². The Morgan fingerprint density at radius 1 is 1.00 bits per heavy atom. The fourth-order valence-electron chi connectivity index (χ4n) is 3.96. The molecule has 1 atom stereocenters. The lowest BCUT2D eigenvalue weighted by molar-refractivity contribution is 0.0521. The van der Waals surface area contributed by atoms with Crippen molar-refractivity contribution in [1.29, 1.82) is 0 Å². The fourth-order valence-corrected chi connectivity index (χ4v) is 5.48. The number of amides is 1. The van der Waals surface area contributed by atoms with E-state index in [2.05, 4.69) is 0 Å². The van der Waals surface area contributed by atoms with E-state index < -0.39 is 10.0 Å². The topological polar surface area (TPSA) is 76.1 Å². The summed E-state index contributed by atoms with van der Waals surface area (Å²) in [6.45, 7) is 1.83. The molecule has 1 fully saturated rings. The molecule has 0 spiro atoms. The van der Waals surface area contributed by atoms with Gasteiger partial charge in [-0.1, -0.05) is 25.0 Å². The average Bonchev–Trinajstić information content (AvgIpc) is 3.09. The molecule has 0 aromatic heterocycles. The summed E-state index contributed by atoms with van der Waals surface area (Å²) in [5, 5.41) is 0. The molecule has 0 N–H and O–H groups in total. The van der Waals surface area contributed by atoms with Crippen molar-refractivity contribution in [2.75, 3.05) is 33.3 Å². The molecule has 0 unspecified atom stereocenters. The van der Waals surface area contributed by atoms with Gasteiger partial charge in [-0.25, -0.2) is 8.42 Å². The molecule has 2 aliphatic rings. The number of para-hydroxylation sites is 2. The SMILES string of the molecule is CN(C[C@@H]1COc2ccccc2O1)C(=O)c1ccc(S(=O)(=O)N2CCCCCC2)cc1. The van der Waals surface area contributed by atoms with E-state index in [1.807, 2.05) is 24.3 Å². The van der Waals surface area contributed by atoms with Crippen molar-refractivity contribution in [2.45, 2.75) is 36.7 Å². The summed E-state index contributed by atoms with van der Waals surface area (Å²) in [4.78, 5) is 14.6. The molecule has 0 aliphatic carbocycles. The number of hydrogen-bond acceptors (Lipinski definition) is 5. The van der Waals surface area contributed by atoms with E-state index in [9.17, 15) is 13.2 Å². The molecule has 0 saturated carbocycles. The smallest absolute Gasteiger partial charge is 0.253 e. The standard InChI is InChI=1S/C23H28N2O5S/c1-24(16-19-17-29-21-8-4-5-9-22(21)30-19)23(26)18-10-12-20(13-11-18)31(27,28)25-14-6-2-3-7-15-25/h4-5,8-13,19H,2-3,6-7,14-17H2,1H3/t19-/m1/s1. The number of fused-ring (bicyclic) bond motifs is 1. The number of sulfonamides is 1. The van der Waals surface area contributed by atoms with Gasteiger partial charge >= 0.3 is 0 Å². The molecule has 2 aliphatic heterocycles. The summed E-state index contributed by atoms with van der Waals surface area (Å²) < 4.78 is 39.0. The van der Waals surface area contributed by atoms with Gasteiger partial charge in [-0.05, 0) is 49.2 Å². The van der Waals surface area contributed by atoms with Crippen LogP contribution < -0.4 is 9.47 Å². The third-order valence-electron chi connectivity index (χ3n) is 5.70.